The molecule has 0 saturated carbocycles. The Balaban J connectivity index is 1.85. The molecule has 0 bridgehead atoms. The van der Waals surface area contributed by atoms with Crippen LogP contribution in [-0.2, 0) is 9.59 Å². The Morgan fingerprint density at radius 2 is 1.91 bits per heavy atom. The number of hydrogen-bond acceptors (Lipinski definition) is 3. The van der Waals surface area contributed by atoms with Gasteiger partial charge in [-0.05, 0) is 51.3 Å². The zero-order valence-electron chi connectivity index (χ0n) is 13.5. The normalized spacial score (nSPS) is 17.3. The minimum atomic E-state index is -0.704. The van der Waals surface area contributed by atoms with Crippen molar-refractivity contribution < 1.29 is 14.3 Å². The molecule has 23 heavy (non-hydrogen) atoms. The summed E-state index contributed by atoms with van der Waals surface area (Å²) in [6, 6.07) is 6.32. The van der Waals surface area contributed by atoms with Gasteiger partial charge in [-0.1, -0.05) is 17.7 Å². The number of amides is 2. The highest BCUT2D eigenvalue weighted by Crippen LogP contribution is 2.18. The van der Waals surface area contributed by atoms with Gasteiger partial charge >= 0.3 is 0 Å². The molecule has 1 heterocycles. The van der Waals surface area contributed by atoms with E-state index in [-0.39, 0.29) is 11.8 Å². The van der Waals surface area contributed by atoms with Crippen LogP contribution in [0.1, 0.15) is 33.1 Å². The van der Waals surface area contributed by atoms with Crippen LogP contribution >= 0.6 is 11.6 Å². The summed E-state index contributed by atoms with van der Waals surface area (Å²) in [5, 5.41) is 3.27. The molecule has 1 aliphatic rings. The van der Waals surface area contributed by atoms with Crippen LogP contribution in [0, 0.1) is 0 Å². The van der Waals surface area contributed by atoms with Gasteiger partial charge in [0.05, 0.1) is 0 Å². The van der Waals surface area contributed by atoms with Crippen LogP contribution in [-0.4, -0.2) is 41.9 Å². The van der Waals surface area contributed by atoms with E-state index in [0.29, 0.717) is 10.8 Å². The topological polar surface area (TPSA) is 58.6 Å². The molecule has 0 radical (unpaired) electrons. The molecule has 1 saturated heterocycles. The molecule has 5 nitrogen and oxygen atoms in total. The first-order valence-corrected chi connectivity index (χ1v) is 8.36. The maximum atomic E-state index is 12.3. The van der Waals surface area contributed by atoms with Gasteiger partial charge in [-0.25, -0.2) is 0 Å². The molecule has 2 amide bonds. The molecule has 1 aromatic carbocycles. The Morgan fingerprint density at radius 1 is 1.22 bits per heavy atom. The SMILES string of the molecule is CC(NC(=O)C(C)Oc1cccc(Cl)c1)C(=O)N1CCCCC1. The average molecular weight is 339 g/mol. The third kappa shape index (κ3) is 5.13. The number of nitrogens with zero attached hydrogens (tertiary/aromatic N) is 1. The molecule has 0 aromatic heterocycles. The molecule has 6 heteroatoms. The fourth-order valence-electron chi connectivity index (χ4n) is 2.58. The lowest BCUT2D eigenvalue weighted by Crippen LogP contribution is -2.51. The number of carbonyl (C=O) groups excluding carboxylic acids is 2. The summed E-state index contributed by atoms with van der Waals surface area (Å²) in [6.07, 6.45) is 2.52. The molecule has 0 aliphatic carbocycles. The van der Waals surface area contributed by atoms with Gasteiger partial charge in [-0.2, -0.15) is 0 Å². The van der Waals surface area contributed by atoms with Gasteiger partial charge in [-0.15, -0.1) is 0 Å². The summed E-state index contributed by atoms with van der Waals surface area (Å²) in [4.78, 5) is 26.3. The van der Waals surface area contributed by atoms with Gasteiger partial charge in [0, 0.05) is 18.1 Å². The van der Waals surface area contributed by atoms with Crippen molar-refractivity contribution in [3.8, 4) is 5.75 Å². The summed E-state index contributed by atoms with van der Waals surface area (Å²) < 4.78 is 5.56. The Morgan fingerprint density at radius 3 is 2.57 bits per heavy atom. The second-order valence-electron chi connectivity index (χ2n) is 5.83. The predicted octanol–water partition coefficient (Wildman–Crippen LogP) is 2.62. The zero-order chi connectivity index (χ0) is 16.8. The number of rotatable bonds is 5. The van der Waals surface area contributed by atoms with Crippen molar-refractivity contribution >= 4 is 23.4 Å². The standard InChI is InChI=1S/C17H23ClN2O3/c1-12(17(22)20-9-4-3-5-10-20)19-16(21)13(2)23-15-8-6-7-14(18)11-15/h6-8,11-13H,3-5,9-10H2,1-2H3,(H,19,21). The Bertz CT molecular complexity index is 559. The van der Waals surface area contributed by atoms with E-state index in [1.54, 1.807) is 38.1 Å². The summed E-state index contributed by atoms with van der Waals surface area (Å²) in [5.74, 6) is 0.172. The number of piperidine rings is 1. The highest BCUT2D eigenvalue weighted by molar-refractivity contribution is 6.30. The first-order valence-electron chi connectivity index (χ1n) is 7.99. The maximum absolute atomic E-state index is 12.3. The van der Waals surface area contributed by atoms with Crippen LogP contribution in [0.5, 0.6) is 5.75 Å². The largest absolute Gasteiger partial charge is 0.481 e. The van der Waals surface area contributed by atoms with E-state index in [2.05, 4.69) is 5.32 Å². The van der Waals surface area contributed by atoms with Crippen LogP contribution < -0.4 is 10.1 Å². The van der Waals surface area contributed by atoms with Gasteiger partial charge in [0.1, 0.15) is 11.8 Å². The van der Waals surface area contributed by atoms with E-state index in [9.17, 15) is 9.59 Å². The van der Waals surface area contributed by atoms with Crippen molar-refractivity contribution in [3.05, 3.63) is 29.3 Å². The number of likely N-dealkylation sites (tertiary alicyclic amines) is 1. The van der Waals surface area contributed by atoms with Gasteiger partial charge in [0.25, 0.3) is 5.91 Å². The summed E-state index contributed by atoms with van der Waals surface area (Å²) in [7, 11) is 0. The first kappa shape index (κ1) is 17.6. The number of benzene rings is 1. The molecule has 2 unspecified atom stereocenters. The predicted molar refractivity (Wildman–Crippen MR) is 89.6 cm³/mol. The second kappa shape index (κ2) is 8.20. The minimum Gasteiger partial charge on any atom is -0.481 e. The fraction of sp³-hybridized carbons (Fsp3) is 0.529. The third-order valence-electron chi connectivity index (χ3n) is 3.88. The van der Waals surface area contributed by atoms with Crippen molar-refractivity contribution in [2.45, 2.75) is 45.3 Å². The molecule has 1 aliphatic heterocycles. The van der Waals surface area contributed by atoms with Crippen LogP contribution in [0.3, 0.4) is 0 Å². The third-order valence-corrected chi connectivity index (χ3v) is 4.11. The van der Waals surface area contributed by atoms with E-state index >= 15 is 0 Å². The van der Waals surface area contributed by atoms with E-state index in [1.165, 1.54) is 0 Å². The van der Waals surface area contributed by atoms with Crippen molar-refractivity contribution in [1.29, 1.82) is 0 Å². The van der Waals surface area contributed by atoms with Crippen molar-refractivity contribution in [3.63, 3.8) is 0 Å². The van der Waals surface area contributed by atoms with Crippen LogP contribution in [0.15, 0.2) is 24.3 Å². The Hall–Kier alpha value is -1.75. The lowest BCUT2D eigenvalue weighted by molar-refractivity contribution is -0.138. The molecule has 0 spiro atoms. The summed E-state index contributed by atoms with van der Waals surface area (Å²) >= 11 is 5.89. The van der Waals surface area contributed by atoms with Gasteiger partial charge in [0.2, 0.25) is 5.91 Å². The quantitative estimate of drug-likeness (QED) is 0.897. The van der Waals surface area contributed by atoms with Crippen LogP contribution in [0.2, 0.25) is 5.02 Å². The molecule has 2 atom stereocenters. The van der Waals surface area contributed by atoms with Gasteiger partial charge in [0.15, 0.2) is 6.10 Å². The molecule has 1 N–H and O–H groups in total. The maximum Gasteiger partial charge on any atom is 0.261 e. The minimum absolute atomic E-state index is 0.0343. The number of halogens is 1. The van der Waals surface area contributed by atoms with E-state index in [0.717, 1.165) is 32.4 Å². The number of hydrogen-bond donors (Lipinski definition) is 1. The molecule has 1 fully saturated rings. The zero-order valence-corrected chi connectivity index (χ0v) is 14.3. The number of carbonyl (C=O) groups is 2. The van der Waals surface area contributed by atoms with Crippen LogP contribution in [0.4, 0.5) is 0 Å². The fourth-order valence-corrected chi connectivity index (χ4v) is 2.76. The number of nitrogens with one attached hydrogen (secondary N) is 1. The Kier molecular flexibility index (Phi) is 6.28. The lowest BCUT2D eigenvalue weighted by atomic mass is 10.1. The van der Waals surface area contributed by atoms with Gasteiger partial charge < -0.3 is 15.0 Å². The highest BCUT2D eigenvalue weighted by Gasteiger charge is 2.25. The number of ether oxygens (including phenoxy) is 1. The van der Waals surface area contributed by atoms with E-state index < -0.39 is 12.1 Å². The molecular weight excluding hydrogens is 316 g/mol. The van der Waals surface area contributed by atoms with Crippen molar-refractivity contribution in [2.24, 2.45) is 0 Å². The average Bonchev–Trinajstić information content (AvgIpc) is 2.54. The highest BCUT2D eigenvalue weighted by atomic mass is 35.5. The summed E-state index contributed by atoms with van der Waals surface area (Å²) in [6.45, 7) is 4.90. The van der Waals surface area contributed by atoms with E-state index in [1.807, 2.05) is 4.90 Å². The van der Waals surface area contributed by atoms with Crippen molar-refractivity contribution in [1.82, 2.24) is 10.2 Å². The summed E-state index contributed by atoms with van der Waals surface area (Å²) in [5.41, 5.74) is 0. The van der Waals surface area contributed by atoms with Gasteiger partial charge in [-0.3, -0.25) is 9.59 Å². The monoisotopic (exact) mass is 338 g/mol. The molecule has 2 rings (SSSR count). The second-order valence-corrected chi connectivity index (χ2v) is 6.27. The van der Waals surface area contributed by atoms with Crippen molar-refractivity contribution in [2.75, 3.05) is 13.1 Å². The van der Waals surface area contributed by atoms with E-state index in [4.69, 9.17) is 16.3 Å². The molecular formula is C17H23ClN2O3. The lowest BCUT2D eigenvalue weighted by Gasteiger charge is -2.29. The smallest absolute Gasteiger partial charge is 0.261 e. The molecule has 126 valence electrons. The molecule has 1 aromatic rings. The first-order chi connectivity index (χ1) is 11.0. The Labute approximate surface area is 141 Å². The van der Waals surface area contributed by atoms with Crippen LogP contribution in [0.25, 0.3) is 0 Å².